The molecule has 1 heterocycles. The maximum atomic E-state index is 10.9. The van der Waals surface area contributed by atoms with Gasteiger partial charge in [-0.05, 0) is 0 Å². The molecule has 0 aromatic heterocycles. The van der Waals surface area contributed by atoms with Crippen molar-refractivity contribution in [3.8, 4) is 0 Å². The van der Waals surface area contributed by atoms with Crippen LogP contribution in [0.2, 0.25) is 0 Å². The lowest BCUT2D eigenvalue weighted by Gasteiger charge is -2.10. The Kier molecular flexibility index (Phi) is 2.01. The van der Waals surface area contributed by atoms with Crippen LogP contribution in [0.25, 0.3) is 0 Å². The van der Waals surface area contributed by atoms with Crippen molar-refractivity contribution in [3.63, 3.8) is 0 Å². The van der Waals surface area contributed by atoms with Crippen LogP contribution in [0.15, 0.2) is 0 Å². The van der Waals surface area contributed by atoms with Gasteiger partial charge in [-0.15, -0.1) is 0 Å². The number of hydrogen-bond donors (Lipinski definition) is 1. The normalized spacial score (nSPS) is 18.1. The van der Waals surface area contributed by atoms with Crippen molar-refractivity contribution in [2.75, 3.05) is 6.54 Å². The molecule has 1 saturated heterocycles. The summed E-state index contributed by atoms with van der Waals surface area (Å²) < 4.78 is 0. The van der Waals surface area contributed by atoms with E-state index in [9.17, 15) is 9.59 Å². The predicted octanol–water partition coefficient (Wildman–Crippen LogP) is -0.340. The molecule has 0 aromatic rings. The molecule has 1 aliphatic heterocycles. The monoisotopic (exact) mass is 142 g/mol. The molecule has 4 nitrogen and oxygen atoms in total. The van der Waals surface area contributed by atoms with Crippen molar-refractivity contribution < 1.29 is 9.59 Å². The number of hydrazine groups is 1. The van der Waals surface area contributed by atoms with E-state index in [1.807, 2.05) is 0 Å². The van der Waals surface area contributed by atoms with Gasteiger partial charge in [0.15, 0.2) is 0 Å². The fourth-order valence-electron chi connectivity index (χ4n) is 0.860. The maximum Gasteiger partial charge on any atom is 0.245 e. The van der Waals surface area contributed by atoms with E-state index >= 15 is 0 Å². The van der Waals surface area contributed by atoms with E-state index in [4.69, 9.17) is 0 Å². The Hall–Kier alpha value is -0.900. The van der Waals surface area contributed by atoms with E-state index in [1.165, 1.54) is 0 Å². The number of carbonyl (C=O) groups is 2. The number of amides is 2. The first-order valence-corrected chi connectivity index (χ1v) is 3.35. The number of hydrogen-bond acceptors (Lipinski definition) is 3. The Morgan fingerprint density at radius 1 is 1.80 bits per heavy atom. The van der Waals surface area contributed by atoms with Gasteiger partial charge in [0, 0.05) is 19.4 Å². The highest BCUT2D eigenvalue weighted by atomic mass is 16.2. The lowest BCUT2D eigenvalue weighted by atomic mass is 10.4. The number of carbonyl (C=O) groups excluding carboxylic acids is 2. The Balaban J connectivity index is 2.55. The van der Waals surface area contributed by atoms with E-state index in [1.54, 1.807) is 6.92 Å². The number of rotatable bonds is 1. The molecule has 1 fully saturated rings. The van der Waals surface area contributed by atoms with Gasteiger partial charge in [-0.25, -0.2) is 10.4 Å². The molecule has 0 bridgehead atoms. The SMILES string of the molecule is CCC(=O)N1NCCC1=O. The van der Waals surface area contributed by atoms with Gasteiger partial charge in [0.05, 0.1) is 0 Å². The summed E-state index contributed by atoms with van der Waals surface area (Å²) in [6.07, 6.45) is 0.810. The van der Waals surface area contributed by atoms with Crippen molar-refractivity contribution in [1.82, 2.24) is 10.4 Å². The van der Waals surface area contributed by atoms with Gasteiger partial charge in [0.25, 0.3) is 0 Å². The predicted molar refractivity (Wildman–Crippen MR) is 34.8 cm³/mol. The summed E-state index contributed by atoms with van der Waals surface area (Å²) in [5.74, 6) is -0.269. The zero-order chi connectivity index (χ0) is 7.56. The average Bonchev–Trinajstić information content (AvgIpc) is 2.34. The van der Waals surface area contributed by atoms with Crippen LogP contribution in [0.4, 0.5) is 0 Å². The van der Waals surface area contributed by atoms with Crippen molar-refractivity contribution >= 4 is 11.8 Å². The molecular formula is C6H10N2O2. The Labute approximate surface area is 59.2 Å². The van der Waals surface area contributed by atoms with Gasteiger partial charge in [-0.3, -0.25) is 9.59 Å². The third kappa shape index (κ3) is 1.16. The third-order valence-corrected chi connectivity index (χ3v) is 1.41. The molecular weight excluding hydrogens is 132 g/mol. The lowest BCUT2D eigenvalue weighted by molar-refractivity contribution is -0.144. The van der Waals surface area contributed by atoms with Crippen LogP contribution < -0.4 is 5.43 Å². The van der Waals surface area contributed by atoms with E-state index in [0.717, 1.165) is 5.01 Å². The van der Waals surface area contributed by atoms with E-state index in [0.29, 0.717) is 19.4 Å². The standard InChI is InChI=1S/C6H10N2O2/c1-2-5(9)8-6(10)3-4-7-8/h7H,2-4H2,1H3. The molecule has 0 atom stereocenters. The molecule has 1 rings (SSSR count). The fraction of sp³-hybridized carbons (Fsp3) is 0.667. The summed E-state index contributed by atoms with van der Waals surface area (Å²) in [7, 11) is 0. The largest absolute Gasteiger partial charge is 0.273 e. The summed E-state index contributed by atoms with van der Waals surface area (Å²) in [6, 6.07) is 0. The zero-order valence-electron chi connectivity index (χ0n) is 5.89. The molecule has 0 aliphatic carbocycles. The summed E-state index contributed by atoms with van der Waals surface area (Å²) in [5, 5.41) is 1.10. The minimum Gasteiger partial charge on any atom is -0.273 e. The second-order valence-corrected chi connectivity index (χ2v) is 2.13. The van der Waals surface area contributed by atoms with E-state index in [2.05, 4.69) is 5.43 Å². The van der Waals surface area contributed by atoms with E-state index in [-0.39, 0.29) is 11.8 Å². The summed E-state index contributed by atoms with van der Waals surface area (Å²) in [4.78, 5) is 21.7. The highest BCUT2D eigenvalue weighted by Crippen LogP contribution is 2.00. The van der Waals surface area contributed by atoms with Crippen LogP contribution in [0.3, 0.4) is 0 Å². The topological polar surface area (TPSA) is 49.4 Å². The van der Waals surface area contributed by atoms with Gasteiger partial charge in [-0.2, -0.15) is 0 Å². The van der Waals surface area contributed by atoms with Crippen LogP contribution in [-0.4, -0.2) is 23.4 Å². The minimum atomic E-state index is -0.150. The van der Waals surface area contributed by atoms with Gasteiger partial charge >= 0.3 is 0 Å². The second kappa shape index (κ2) is 2.79. The first-order chi connectivity index (χ1) is 4.75. The van der Waals surface area contributed by atoms with Crippen LogP contribution in [-0.2, 0) is 9.59 Å². The maximum absolute atomic E-state index is 10.9. The third-order valence-electron chi connectivity index (χ3n) is 1.41. The zero-order valence-corrected chi connectivity index (χ0v) is 5.89. The number of nitrogens with zero attached hydrogens (tertiary/aromatic N) is 1. The summed E-state index contributed by atoms with van der Waals surface area (Å²) in [6.45, 7) is 2.32. The summed E-state index contributed by atoms with van der Waals surface area (Å²) in [5.41, 5.74) is 2.69. The molecule has 4 heteroatoms. The van der Waals surface area contributed by atoms with Gasteiger partial charge in [0.1, 0.15) is 0 Å². The molecule has 10 heavy (non-hydrogen) atoms. The molecule has 0 aromatic carbocycles. The molecule has 0 radical (unpaired) electrons. The van der Waals surface area contributed by atoms with Crippen LogP contribution in [0, 0.1) is 0 Å². The van der Waals surface area contributed by atoms with E-state index < -0.39 is 0 Å². The minimum absolute atomic E-state index is 0.119. The molecule has 2 amide bonds. The van der Waals surface area contributed by atoms with Gasteiger partial charge in [0.2, 0.25) is 11.8 Å². The first-order valence-electron chi connectivity index (χ1n) is 3.35. The van der Waals surface area contributed by atoms with Crippen molar-refractivity contribution in [3.05, 3.63) is 0 Å². The lowest BCUT2D eigenvalue weighted by Crippen LogP contribution is -2.39. The average molecular weight is 142 g/mol. The first kappa shape index (κ1) is 7.21. The smallest absolute Gasteiger partial charge is 0.245 e. The fourth-order valence-corrected chi connectivity index (χ4v) is 0.860. The molecule has 56 valence electrons. The Morgan fingerprint density at radius 3 is 2.90 bits per heavy atom. The van der Waals surface area contributed by atoms with Crippen molar-refractivity contribution in [2.24, 2.45) is 0 Å². The molecule has 1 aliphatic rings. The summed E-state index contributed by atoms with van der Waals surface area (Å²) >= 11 is 0. The van der Waals surface area contributed by atoms with Crippen molar-refractivity contribution in [2.45, 2.75) is 19.8 Å². The quantitative estimate of drug-likeness (QED) is 0.545. The molecule has 0 unspecified atom stereocenters. The van der Waals surface area contributed by atoms with Crippen molar-refractivity contribution in [1.29, 1.82) is 0 Å². The highest BCUT2D eigenvalue weighted by molar-refractivity contribution is 5.95. The molecule has 0 saturated carbocycles. The van der Waals surface area contributed by atoms with Crippen LogP contribution in [0.5, 0.6) is 0 Å². The Morgan fingerprint density at radius 2 is 2.50 bits per heavy atom. The van der Waals surface area contributed by atoms with Gasteiger partial charge < -0.3 is 0 Å². The number of imide groups is 1. The Bertz CT molecular complexity index is 167. The second-order valence-electron chi connectivity index (χ2n) is 2.13. The van der Waals surface area contributed by atoms with Gasteiger partial charge in [-0.1, -0.05) is 6.92 Å². The van der Waals surface area contributed by atoms with Crippen LogP contribution in [0.1, 0.15) is 19.8 Å². The molecule has 0 spiro atoms. The van der Waals surface area contributed by atoms with Crippen LogP contribution >= 0.6 is 0 Å². The molecule has 1 N–H and O–H groups in total. The number of nitrogens with one attached hydrogen (secondary N) is 1. The highest BCUT2D eigenvalue weighted by Gasteiger charge is 2.24.